The van der Waals surface area contributed by atoms with Gasteiger partial charge >= 0.3 is 0 Å². The van der Waals surface area contributed by atoms with Gasteiger partial charge in [0.1, 0.15) is 11.3 Å². The van der Waals surface area contributed by atoms with E-state index in [1.165, 1.54) is 0 Å². The van der Waals surface area contributed by atoms with Gasteiger partial charge in [-0.15, -0.1) is 11.3 Å². The molecule has 130 valence electrons. The van der Waals surface area contributed by atoms with Crippen molar-refractivity contribution in [1.29, 1.82) is 0 Å². The Morgan fingerprint density at radius 1 is 1.32 bits per heavy atom. The smallest absolute Gasteiger partial charge is 0.253 e. The number of hydrogen-bond donors (Lipinski definition) is 3. The van der Waals surface area contributed by atoms with Gasteiger partial charge in [0.2, 0.25) is 0 Å². The predicted octanol–water partition coefficient (Wildman–Crippen LogP) is 2.93. The molecule has 0 aromatic carbocycles. The van der Waals surface area contributed by atoms with Gasteiger partial charge in [0.05, 0.1) is 10.4 Å². The number of imidazole rings is 1. The molecule has 1 fully saturated rings. The highest BCUT2D eigenvalue weighted by molar-refractivity contribution is 7.13. The fraction of sp³-hybridized carbons (Fsp3) is 0.389. The molecule has 25 heavy (non-hydrogen) atoms. The molecule has 0 spiro atoms. The first-order chi connectivity index (χ1) is 12.2. The normalized spacial score (nSPS) is 20.7. The minimum Gasteiger partial charge on any atom is -0.349 e. The van der Waals surface area contributed by atoms with Crippen molar-refractivity contribution in [1.82, 2.24) is 20.3 Å². The minimum absolute atomic E-state index is 0.0761. The van der Waals surface area contributed by atoms with E-state index in [4.69, 9.17) is 5.73 Å². The topological polar surface area (TPSA) is 96.7 Å². The summed E-state index contributed by atoms with van der Waals surface area (Å²) in [6.07, 6.45) is 5.79. The second-order valence-electron chi connectivity index (χ2n) is 6.55. The third kappa shape index (κ3) is 3.29. The van der Waals surface area contributed by atoms with Crippen LogP contribution in [0.15, 0.2) is 29.8 Å². The Bertz CT molecular complexity index is 865. The molecule has 3 aromatic heterocycles. The van der Waals surface area contributed by atoms with E-state index < -0.39 is 0 Å². The molecule has 0 radical (unpaired) electrons. The van der Waals surface area contributed by atoms with Crippen molar-refractivity contribution in [2.75, 3.05) is 6.54 Å². The number of hydrogen-bond acceptors (Lipinski definition) is 5. The minimum atomic E-state index is -0.0761. The monoisotopic (exact) mass is 355 g/mol. The van der Waals surface area contributed by atoms with Crippen molar-refractivity contribution in [2.24, 2.45) is 11.7 Å². The number of thiophene rings is 1. The molecule has 6 nitrogen and oxygen atoms in total. The van der Waals surface area contributed by atoms with Crippen LogP contribution in [0.4, 0.5) is 0 Å². The molecule has 3 aromatic rings. The zero-order valence-electron chi connectivity index (χ0n) is 13.9. The maximum Gasteiger partial charge on any atom is 0.253 e. The first-order valence-corrected chi connectivity index (χ1v) is 9.52. The molecule has 0 atom stereocenters. The molecular weight excluding hydrogens is 334 g/mol. The van der Waals surface area contributed by atoms with Crippen molar-refractivity contribution in [3.05, 3.63) is 35.3 Å². The molecule has 1 saturated carbocycles. The lowest BCUT2D eigenvalue weighted by molar-refractivity contribution is 0.0924. The number of rotatable bonds is 4. The fourth-order valence-corrected chi connectivity index (χ4v) is 4.10. The molecule has 1 aliphatic carbocycles. The Balaban J connectivity index is 1.55. The van der Waals surface area contributed by atoms with E-state index in [0.29, 0.717) is 22.6 Å². The zero-order chi connectivity index (χ0) is 17.2. The fourth-order valence-electron chi connectivity index (χ4n) is 3.43. The molecule has 3 heterocycles. The van der Waals surface area contributed by atoms with E-state index >= 15 is 0 Å². The number of nitrogens with zero attached hydrogens (tertiary/aromatic N) is 2. The molecule has 1 amide bonds. The first kappa shape index (κ1) is 16.2. The van der Waals surface area contributed by atoms with Gasteiger partial charge in [0.25, 0.3) is 5.91 Å². The van der Waals surface area contributed by atoms with Gasteiger partial charge in [-0.05, 0) is 55.7 Å². The predicted molar refractivity (Wildman–Crippen MR) is 99.5 cm³/mol. The van der Waals surface area contributed by atoms with Gasteiger partial charge in [-0.3, -0.25) is 4.79 Å². The molecule has 4 rings (SSSR count). The van der Waals surface area contributed by atoms with E-state index in [1.807, 2.05) is 17.5 Å². The summed E-state index contributed by atoms with van der Waals surface area (Å²) in [5.41, 5.74) is 7.58. The van der Waals surface area contributed by atoms with Crippen LogP contribution in [0.3, 0.4) is 0 Å². The maximum absolute atomic E-state index is 12.8. The molecule has 1 aliphatic rings. The lowest BCUT2D eigenvalue weighted by Gasteiger charge is -2.28. The van der Waals surface area contributed by atoms with E-state index in [0.717, 1.165) is 42.9 Å². The Labute approximate surface area is 149 Å². The van der Waals surface area contributed by atoms with Crippen LogP contribution in [0.2, 0.25) is 0 Å². The number of aromatic amines is 1. The Hall–Kier alpha value is -2.25. The molecular formula is C18H21N5OS. The largest absolute Gasteiger partial charge is 0.349 e. The van der Waals surface area contributed by atoms with E-state index in [1.54, 1.807) is 23.6 Å². The van der Waals surface area contributed by atoms with Crippen LogP contribution in [-0.4, -0.2) is 33.4 Å². The van der Waals surface area contributed by atoms with E-state index in [9.17, 15) is 4.79 Å². The van der Waals surface area contributed by atoms with E-state index in [2.05, 4.69) is 20.3 Å². The summed E-state index contributed by atoms with van der Waals surface area (Å²) in [6.45, 7) is 0.740. The molecule has 0 aliphatic heterocycles. The van der Waals surface area contributed by atoms with Crippen LogP contribution in [0.25, 0.3) is 21.9 Å². The van der Waals surface area contributed by atoms with Crippen LogP contribution >= 0.6 is 11.3 Å². The molecule has 0 saturated heterocycles. The lowest BCUT2D eigenvalue weighted by atomic mass is 9.86. The number of nitrogens with two attached hydrogens (primary N) is 1. The maximum atomic E-state index is 12.8. The molecule has 4 N–H and O–H groups in total. The van der Waals surface area contributed by atoms with Crippen molar-refractivity contribution in [2.45, 2.75) is 31.7 Å². The average molecular weight is 355 g/mol. The standard InChI is InChI=1S/C18H21N5OS/c19-10-11-3-5-12(6-4-11)21-18(24)13-7-8-20-17-15(13)22-16(23-17)14-2-1-9-25-14/h1-2,7-9,11-12H,3-6,10,19H2,(H,21,24)(H,20,22,23). The van der Waals surface area contributed by atoms with Crippen molar-refractivity contribution < 1.29 is 4.79 Å². The Morgan fingerprint density at radius 3 is 2.88 bits per heavy atom. The number of amides is 1. The van der Waals surface area contributed by atoms with Gasteiger partial charge in [-0.1, -0.05) is 6.07 Å². The number of H-pyrrole nitrogens is 1. The number of carbonyl (C=O) groups is 1. The lowest BCUT2D eigenvalue weighted by Crippen LogP contribution is -2.38. The number of aromatic nitrogens is 3. The number of fused-ring (bicyclic) bond motifs is 1. The number of pyridine rings is 1. The quantitative estimate of drug-likeness (QED) is 0.670. The molecule has 0 unspecified atom stereocenters. The Kier molecular flexibility index (Phi) is 4.50. The van der Waals surface area contributed by atoms with Crippen LogP contribution in [0, 0.1) is 5.92 Å². The summed E-state index contributed by atoms with van der Waals surface area (Å²) in [4.78, 5) is 25.9. The third-order valence-corrected chi connectivity index (χ3v) is 5.78. The van der Waals surface area contributed by atoms with Crippen LogP contribution in [-0.2, 0) is 0 Å². The first-order valence-electron chi connectivity index (χ1n) is 8.64. The Morgan fingerprint density at radius 2 is 2.16 bits per heavy atom. The van der Waals surface area contributed by atoms with Crippen molar-refractivity contribution in [3.63, 3.8) is 0 Å². The summed E-state index contributed by atoms with van der Waals surface area (Å²) in [5.74, 6) is 1.27. The molecule has 7 heteroatoms. The summed E-state index contributed by atoms with van der Waals surface area (Å²) in [5, 5.41) is 5.16. The average Bonchev–Trinajstić information content (AvgIpc) is 3.31. The highest BCUT2D eigenvalue weighted by Gasteiger charge is 2.23. The van der Waals surface area contributed by atoms with Crippen molar-refractivity contribution >= 4 is 28.4 Å². The van der Waals surface area contributed by atoms with Crippen molar-refractivity contribution in [3.8, 4) is 10.7 Å². The second-order valence-corrected chi connectivity index (χ2v) is 7.49. The third-order valence-electron chi connectivity index (χ3n) is 4.90. The highest BCUT2D eigenvalue weighted by Crippen LogP contribution is 2.26. The molecule has 0 bridgehead atoms. The number of nitrogens with one attached hydrogen (secondary N) is 2. The SMILES string of the molecule is NCC1CCC(NC(=O)c2ccnc3[nH]c(-c4cccs4)nc23)CC1. The summed E-state index contributed by atoms with van der Waals surface area (Å²) in [7, 11) is 0. The highest BCUT2D eigenvalue weighted by atomic mass is 32.1. The van der Waals surface area contributed by atoms with Gasteiger partial charge in [0.15, 0.2) is 5.65 Å². The van der Waals surface area contributed by atoms with Crippen LogP contribution < -0.4 is 11.1 Å². The van der Waals surface area contributed by atoms with Gasteiger partial charge in [-0.2, -0.15) is 0 Å². The van der Waals surface area contributed by atoms with Crippen LogP contribution in [0.1, 0.15) is 36.0 Å². The van der Waals surface area contributed by atoms with Gasteiger partial charge in [0, 0.05) is 12.2 Å². The summed E-state index contributed by atoms with van der Waals surface area (Å²) >= 11 is 1.60. The second kappa shape index (κ2) is 6.93. The van der Waals surface area contributed by atoms with Crippen LogP contribution in [0.5, 0.6) is 0 Å². The zero-order valence-corrected chi connectivity index (χ0v) is 14.7. The number of carbonyl (C=O) groups excluding carboxylic acids is 1. The summed E-state index contributed by atoms with van der Waals surface area (Å²) in [6, 6.07) is 5.93. The van der Waals surface area contributed by atoms with Gasteiger partial charge < -0.3 is 16.0 Å². The summed E-state index contributed by atoms with van der Waals surface area (Å²) < 4.78 is 0. The van der Waals surface area contributed by atoms with E-state index in [-0.39, 0.29) is 11.9 Å². The van der Waals surface area contributed by atoms with Gasteiger partial charge in [-0.25, -0.2) is 9.97 Å².